The molecule has 6 fully saturated rings. The maximum Gasteiger partial charge on any atom is 0.522 e. The van der Waals surface area contributed by atoms with E-state index in [1.54, 1.807) is 0 Å². The highest BCUT2D eigenvalue weighted by molar-refractivity contribution is 5.96. The van der Waals surface area contributed by atoms with Gasteiger partial charge in [0.05, 0.1) is 18.1 Å². The molecule has 0 aromatic heterocycles. The fourth-order valence-electron chi connectivity index (χ4n) is 6.25. The Balaban J connectivity index is 1.30. The van der Waals surface area contributed by atoms with Crippen molar-refractivity contribution >= 4 is 23.5 Å². The minimum atomic E-state index is -5.06. The number of hydrogen-bond acceptors (Lipinski definition) is 6. The number of nitrogens with one attached hydrogen (secondary N) is 2. The molecule has 1 unspecified atom stereocenters. The van der Waals surface area contributed by atoms with Crippen LogP contribution < -0.4 is 10.6 Å². The second kappa shape index (κ2) is 8.85. The van der Waals surface area contributed by atoms with Gasteiger partial charge in [-0.3, -0.25) is 23.9 Å². The topological polar surface area (TPSA) is 114 Å². The van der Waals surface area contributed by atoms with E-state index in [-0.39, 0.29) is 50.2 Å². The third kappa shape index (κ3) is 4.82. The van der Waals surface area contributed by atoms with E-state index in [0.29, 0.717) is 13.0 Å². The smallest absolute Gasteiger partial charge is 0.364 e. The van der Waals surface area contributed by atoms with Crippen molar-refractivity contribution < 1.29 is 50.6 Å². The van der Waals surface area contributed by atoms with Crippen LogP contribution in [0.15, 0.2) is 0 Å². The molecule has 6 aliphatic rings. The summed E-state index contributed by atoms with van der Waals surface area (Å²) in [5, 5.41) is 5.04. The summed E-state index contributed by atoms with van der Waals surface area (Å²) in [5.41, 5.74) is -3.06. The Labute approximate surface area is 208 Å². The van der Waals surface area contributed by atoms with E-state index < -0.39 is 66.0 Å². The van der Waals surface area contributed by atoms with Gasteiger partial charge in [0.25, 0.3) is 5.91 Å². The van der Waals surface area contributed by atoms with Crippen LogP contribution >= 0.6 is 0 Å². The number of alkyl halides is 5. The molecular weight excluding hydrogens is 509 g/mol. The van der Waals surface area contributed by atoms with Gasteiger partial charge >= 0.3 is 6.36 Å². The molecule has 2 aliphatic carbocycles. The lowest BCUT2D eigenvalue weighted by Gasteiger charge is -2.44. The second-order valence-electron chi connectivity index (χ2n) is 11.2. The summed E-state index contributed by atoms with van der Waals surface area (Å²) in [6.07, 6.45) is -6.03. The maximum atomic E-state index is 13.5. The maximum absolute atomic E-state index is 13.5. The fourth-order valence-corrected chi connectivity index (χ4v) is 6.25. The van der Waals surface area contributed by atoms with E-state index in [0.717, 1.165) is 12.8 Å². The fraction of sp³-hybridized carbons (Fsp3) is 0.826. The number of ketones is 1. The van der Waals surface area contributed by atoms with E-state index in [2.05, 4.69) is 15.4 Å². The van der Waals surface area contributed by atoms with Crippen molar-refractivity contribution in [3.63, 3.8) is 0 Å². The van der Waals surface area contributed by atoms with Gasteiger partial charge in [0.15, 0.2) is 5.78 Å². The normalized spacial score (nSPS) is 34.4. The number of likely N-dealkylation sites (tertiary alicyclic amines) is 1. The lowest BCUT2D eigenvalue weighted by molar-refractivity contribution is -0.321. The number of carbonyl (C=O) groups excluding carboxylic acids is 4. The largest absolute Gasteiger partial charge is 0.522 e. The molecule has 2 saturated carbocycles. The molecule has 6 rings (SSSR count). The van der Waals surface area contributed by atoms with Crippen LogP contribution in [0.4, 0.5) is 22.0 Å². The van der Waals surface area contributed by atoms with Crippen molar-refractivity contribution in [2.75, 3.05) is 26.3 Å². The number of fused-ring (bicyclic) bond motifs is 1. The summed E-state index contributed by atoms with van der Waals surface area (Å²) in [4.78, 5) is 52.8. The molecule has 14 heteroatoms. The van der Waals surface area contributed by atoms with Gasteiger partial charge in [-0.05, 0) is 50.4 Å². The van der Waals surface area contributed by atoms with Crippen LogP contribution in [0.3, 0.4) is 0 Å². The van der Waals surface area contributed by atoms with E-state index in [9.17, 15) is 41.1 Å². The zero-order valence-electron chi connectivity index (χ0n) is 19.9. The summed E-state index contributed by atoms with van der Waals surface area (Å²) in [6, 6.07) is -2.47. The average molecular weight is 537 g/mol. The van der Waals surface area contributed by atoms with E-state index in [4.69, 9.17) is 4.74 Å². The van der Waals surface area contributed by atoms with Crippen LogP contribution in [0.1, 0.15) is 44.9 Å². The zero-order chi connectivity index (χ0) is 26.8. The lowest BCUT2D eigenvalue weighted by Crippen LogP contribution is -2.61. The second-order valence-corrected chi connectivity index (χ2v) is 11.2. The van der Waals surface area contributed by atoms with Crippen molar-refractivity contribution in [2.24, 2.45) is 16.7 Å². The number of amides is 3. The van der Waals surface area contributed by atoms with Gasteiger partial charge in [-0.2, -0.15) is 0 Å². The van der Waals surface area contributed by atoms with Crippen molar-refractivity contribution in [1.29, 1.82) is 0 Å². The van der Waals surface area contributed by atoms with Gasteiger partial charge in [0, 0.05) is 19.0 Å². The van der Waals surface area contributed by atoms with E-state index in [1.165, 1.54) is 4.90 Å². The first-order valence-electron chi connectivity index (χ1n) is 12.3. The number of halogens is 5. The van der Waals surface area contributed by atoms with E-state index in [1.807, 2.05) is 0 Å². The average Bonchev–Trinajstić information content (AvgIpc) is 3.18. The Kier molecular flexibility index (Phi) is 6.29. The quantitative estimate of drug-likeness (QED) is 0.429. The SMILES string of the molecule is O=C(COC(F)(F)F)C(C[C@@H]1CCNC1=O)NC(=O)[C@@H]1CC2(CC2)CN1C(=O)C12CC(C(F)F)(CO1)C2. The summed E-state index contributed by atoms with van der Waals surface area (Å²) >= 11 is 0. The number of hydrogen-bond donors (Lipinski definition) is 2. The highest BCUT2D eigenvalue weighted by Crippen LogP contribution is 2.63. The van der Waals surface area contributed by atoms with Crippen molar-refractivity contribution in [1.82, 2.24) is 15.5 Å². The molecule has 3 amide bonds. The standard InChI is InChI=1S/C23H28F5N3O6/c24-18(25)21-8-22(9-21,37-11-21)19(35)31-10-20(2-3-20)6-14(31)17(34)30-13(5-12-1-4-29-16(12)33)15(32)7-36-23(26,27)28/h12-14,18H,1-11H2,(H,29,33)(H,30,34)/t12-,13?,14-,21?,22?/m0/s1. The number of carbonyl (C=O) groups is 4. The molecule has 206 valence electrons. The van der Waals surface area contributed by atoms with Crippen LogP contribution in [0.5, 0.6) is 0 Å². The van der Waals surface area contributed by atoms with Gasteiger partial charge in [-0.15, -0.1) is 13.2 Å². The van der Waals surface area contributed by atoms with Crippen LogP contribution in [0, 0.1) is 16.7 Å². The van der Waals surface area contributed by atoms with Crippen LogP contribution in [0.2, 0.25) is 0 Å². The zero-order valence-corrected chi connectivity index (χ0v) is 19.9. The van der Waals surface area contributed by atoms with Gasteiger partial charge in [-0.25, -0.2) is 8.78 Å². The van der Waals surface area contributed by atoms with Gasteiger partial charge < -0.3 is 20.3 Å². The number of Topliss-reactive ketones (excluding diaryl/α,β-unsaturated/α-hetero) is 1. The third-order valence-corrected chi connectivity index (χ3v) is 8.56. The molecule has 2 bridgehead atoms. The molecule has 9 nitrogen and oxygen atoms in total. The van der Waals surface area contributed by atoms with Gasteiger partial charge in [-0.1, -0.05) is 0 Å². The first kappa shape index (κ1) is 26.3. The van der Waals surface area contributed by atoms with E-state index >= 15 is 0 Å². The molecule has 0 radical (unpaired) electrons. The van der Waals surface area contributed by atoms with Crippen molar-refractivity contribution in [2.45, 2.75) is 75.4 Å². The molecule has 4 saturated heterocycles. The Hall–Kier alpha value is -2.35. The first-order valence-corrected chi connectivity index (χ1v) is 12.3. The molecule has 0 aromatic rings. The van der Waals surface area contributed by atoms with Crippen LogP contribution in [0.25, 0.3) is 0 Å². The highest BCUT2D eigenvalue weighted by Gasteiger charge is 2.72. The number of ether oxygens (including phenoxy) is 2. The molecule has 2 N–H and O–H groups in total. The summed E-state index contributed by atoms with van der Waals surface area (Å²) in [7, 11) is 0. The first-order chi connectivity index (χ1) is 17.3. The molecule has 4 aliphatic heterocycles. The van der Waals surface area contributed by atoms with Crippen molar-refractivity contribution in [3.8, 4) is 0 Å². The molecule has 37 heavy (non-hydrogen) atoms. The van der Waals surface area contributed by atoms with Gasteiger partial charge in [0.2, 0.25) is 18.2 Å². The van der Waals surface area contributed by atoms with Crippen LogP contribution in [-0.4, -0.2) is 85.2 Å². The van der Waals surface area contributed by atoms with Gasteiger partial charge in [0.1, 0.15) is 18.2 Å². The summed E-state index contributed by atoms with van der Waals surface area (Å²) in [6.45, 7) is -1.01. The van der Waals surface area contributed by atoms with Crippen molar-refractivity contribution in [3.05, 3.63) is 0 Å². The minimum absolute atomic E-state index is 0.138. The lowest BCUT2D eigenvalue weighted by atomic mass is 9.62. The predicted octanol–water partition coefficient (Wildman–Crippen LogP) is 1.30. The Morgan fingerprint density at radius 1 is 1.22 bits per heavy atom. The summed E-state index contributed by atoms with van der Waals surface area (Å²) in [5.74, 6) is -3.40. The van der Waals surface area contributed by atoms with Crippen LogP contribution in [-0.2, 0) is 28.7 Å². The Morgan fingerprint density at radius 2 is 1.92 bits per heavy atom. The monoisotopic (exact) mass is 537 g/mol. The predicted molar refractivity (Wildman–Crippen MR) is 113 cm³/mol. The summed E-state index contributed by atoms with van der Waals surface area (Å²) < 4.78 is 73.6. The molecule has 3 atom stereocenters. The minimum Gasteiger partial charge on any atom is -0.364 e. The third-order valence-electron chi connectivity index (χ3n) is 8.56. The number of rotatable bonds is 9. The molecular formula is C23H28F5N3O6. The molecule has 4 heterocycles. The number of nitrogens with zero attached hydrogens (tertiary/aromatic N) is 1. The Morgan fingerprint density at radius 3 is 2.46 bits per heavy atom. The molecule has 0 aromatic carbocycles. The highest BCUT2D eigenvalue weighted by atomic mass is 19.4. The Bertz CT molecular complexity index is 994. The molecule has 1 spiro atoms.